The molecule has 0 amide bonds. The van der Waals surface area contributed by atoms with E-state index in [0.29, 0.717) is 11.5 Å². The number of aryl methyl sites for hydroxylation is 1. The van der Waals surface area contributed by atoms with Gasteiger partial charge in [-0.05, 0) is 49.8 Å². The molecular formula is C19H20FN5O. The molecule has 1 saturated carbocycles. The van der Waals surface area contributed by atoms with E-state index >= 15 is 4.39 Å². The molecule has 7 heteroatoms. The number of halogens is 1. The predicted molar refractivity (Wildman–Crippen MR) is 94.8 cm³/mol. The van der Waals surface area contributed by atoms with E-state index in [-0.39, 0.29) is 23.5 Å². The van der Waals surface area contributed by atoms with E-state index in [1.165, 1.54) is 10.6 Å². The Morgan fingerprint density at radius 2 is 2.12 bits per heavy atom. The zero-order valence-electron chi connectivity index (χ0n) is 14.5. The number of hydrogen-bond acceptors (Lipinski definition) is 4. The Morgan fingerprint density at radius 3 is 2.85 bits per heavy atom. The lowest BCUT2D eigenvalue weighted by Gasteiger charge is -2.24. The van der Waals surface area contributed by atoms with Crippen LogP contribution in [0.4, 0.5) is 4.39 Å². The molecule has 1 aliphatic heterocycles. The van der Waals surface area contributed by atoms with Crippen LogP contribution in [0.5, 0.6) is 0 Å². The van der Waals surface area contributed by atoms with Crippen molar-refractivity contribution in [2.24, 2.45) is 0 Å². The van der Waals surface area contributed by atoms with Gasteiger partial charge >= 0.3 is 0 Å². The Kier molecular flexibility index (Phi) is 3.46. The summed E-state index contributed by atoms with van der Waals surface area (Å²) in [5.74, 6) is 0.125. The molecular weight excluding hydrogens is 333 g/mol. The number of fused-ring (bicyclic) bond motifs is 1. The van der Waals surface area contributed by atoms with Gasteiger partial charge in [0, 0.05) is 24.0 Å². The number of aromatic nitrogens is 4. The van der Waals surface area contributed by atoms with E-state index in [9.17, 15) is 4.79 Å². The van der Waals surface area contributed by atoms with Crippen molar-refractivity contribution in [3.8, 4) is 0 Å². The molecule has 2 atom stereocenters. The highest BCUT2D eigenvalue weighted by Crippen LogP contribution is 2.44. The van der Waals surface area contributed by atoms with Crippen molar-refractivity contribution in [2.75, 3.05) is 6.54 Å². The maximum atomic E-state index is 15.1. The van der Waals surface area contributed by atoms with Crippen LogP contribution < -0.4 is 10.9 Å². The fourth-order valence-electron chi connectivity index (χ4n) is 4.35. The molecule has 0 aromatic carbocycles. The van der Waals surface area contributed by atoms with E-state index < -0.39 is 0 Å². The first-order chi connectivity index (χ1) is 12.6. The SMILES string of the molecule is Cc1c(C2NCCC2n2ccnn2)c(F)cn2c(=O)ccc(C3CC3)c12. The average molecular weight is 353 g/mol. The number of hydrogen-bond donors (Lipinski definition) is 1. The Labute approximate surface area is 149 Å². The molecule has 1 N–H and O–H groups in total. The van der Waals surface area contributed by atoms with Crippen molar-refractivity contribution < 1.29 is 4.39 Å². The Hall–Kier alpha value is -2.54. The number of pyridine rings is 2. The molecule has 3 aromatic heterocycles. The minimum atomic E-state index is -0.352. The highest BCUT2D eigenvalue weighted by atomic mass is 19.1. The lowest BCUT2D eigenvalue weighted by atomic mass is 9.94. The van der Waals surface area contributed by atoms with Gasteiger partial charge in [-0.2, -0.15) is 0 Å². The molecule has 1 aliphatic carbocycles. The second kappa shape index (κ2) is 5.74. The van der Waals surface area contributed by atoms with Crippen LogP contribution in [0.25, 0.3) is 5.52 Å². The van der Waals surface area contributed by atoms with Crippen molar-refractivity contribution >= 4 is 5.52 Å². The summed E-state index contributed by atoms with van der Waals surface area (Å²) < 4.78 is 18.4. The minimum Gasteiger partial charge on any atom is -0.308 e. The van der Waals surface area contributed by atoms with Gasteiger partial charge in [0.15, 0.2) is 0 Å². The summed E-state index contributed by atoms with van der Waals surface area (Å²) in [7, 11) is 0. The van der Waals surface area contributed by atoms with Crippen LogP contribution in [-0.2, 0) is 0 Å². The molecule has 3 aromatic rings. The third kappa shape index (κ3) is 2.30. The summed E-state index contributed by atoms with van der Waals surface area (Å²) in [6, 6.07) is 3.28. The topological polar surface area (TPSA) is 64.2 Å². The Morgan fingerprint density at radius 1 is 1.27 bits per heavy atom. The van der Waals surface area contributed by atoms with Gasteiger partial charge < -0.3 is 5.32 Å². The highest BCUT2D eigenvalue weighted by molar-refractivity contribution is 5.65. The molecule has 0 radical (unpaired) electrons. The molecule has 134 valence electrons. The summed E-state index contributed by atoms with van der Waals surface area (Å²) in [5, 5.41) is 11.4. The van der Waals surface area contributed by atoms with E-state index in [1.807, 2.05) is 19.2 Å². The largest absolute Gasteiger partial charge is 0.308 e. The smallest absolute Gasteiger partial charge is 0.255 e. The second-order valence-corrected chi connectivity index (χ2v) is 7.31. The first-order valence-electron chi connectivity index (χ1n) is 9.08. The van der Waals surface area contributed by atoms with Crippen molar-refractivity contribution in [1.82, 2.24) is 24.7 Å². The zero-order valence-corrected chi connectivity index (χ0v) is 14.5. The molecule has 0 spiro atoms. The molecule has 2 unspecified atom stereocenters. The fourth-order valence-corrected chi connectivity index (χ4v) is 4.35. The van der Waals surface area contributed by atoms with Crippen molar-refractivity contribution in [1.29, 1.82) is 0 Å². The van der Waals surface area contributed by atoms with Crippen LogP contribution in [0.1, 0.15) is 54.0 Å². The predicted octanol–water partition coefficient (Wildman–Crippen LogP) is 2.49. The van der Waals surface area contributed by atoms with Crippen LogP contribution in [0.2, 0.25) is 0 Å². The lowest BCUT2D eigenvalue weighted by molar-refractivity contribution is 0.389. The third-order valence-corrected chi connectivity index (χ3v) is 5.71. The minimum absolute atomic E-state index is 0.00737. The number of nitrogens with zero attached hydrogens (tertiary/aromatic N) is 4. The van der Waals surface area contributed by atoms with Crippen molar-refractivity contribution in [2.45, 2.75) is 44.2 Å². The van der Waals surface area contributed by atoms with Crippen LogP contribution in [0.3, 0.4) is 0 Å². The van der Waals surface area contributed by atoms with E-state index in [1.54, 1.807) is 16.9 Å². The van der Waals surface area contributed by atoms with Crippen molar-refractivity contribution in [3.63, 3.8) is 0 Å². The van der Waals surface area contributed by atoms with Crippen LogP contribution in [-0.4, -0.2) is 25.9 Å². The van der Waals surface area contributed by atoms with Crippen LogP contribution >= 0.6 is 0 Å². The summed E-state index contributed by atoms with van der Waals surface area (Å²) >= 11 is 0. The van der Waals surface area contributed by atoms with Gasteiger partial charge in [0.25, 0.3) is 5.56 Å². The molecule has 1 saturated heterocycles. The normalized spacial score (nSPS) is 23.0. The Balaban J connectivity index is 1.73. The zero-order chi connectivity index (χ0) is 17.8. The monoisotopic (exact) mass is 353 g/mol. The molecule has 6 nitrogen and oxygen atoms in total. The van der Waals surface area contributed by atoms with E-state index in [4.69, 9.17) is 0 Å². The molecule has 4 heterocycles. The van der Waals surface area contributed by atoms with Gasteiger partial charge in [-0.3, -0.25) is 9.20 Å². The molecule has 0 bridgehead atoms. The van der Waals surface area contributed by atoms with Gasteiger partial charge in [0.2, 0.25) is 0 Å². The van der Waals surface area contributed by atoms with Gasteiger partial charge in [-0.15, -0.1) is 5.10 Å². The maximum Gasteiger partial charge on any atom is 0.255 e. The number of rotatable bonds is 3. The molecule has 26 heavy (non-hydrogen) atoms. The summed E-state index contributed by atoms with van der Waals surface area (Å²) in [6.45, 7) is 2.72. The fraction of sp³-hybridized carbons (Fsp3) is 0.421. The third-order valence-electron chi connectivity index (χ3n) is 5.71. The van der Waals surface area contributed by atoms with E-state index in [0.717, 1.165) is 42.5 Å². The van der Waals surface area contributed by atoms with Gasteiger partial charge in [-0.25, -0.2) is 9.07 Å². The van der Waals surface area contributed by atoms with E-state index in [2.05, 4.69) is 15.6 Å². The van der Waals surface area contributed by atoms with Gasteiger partial charge in [0.05, 0.1) is 23.8 Å². The van der Waals surface area contributed by atoms with Crippen LogP contribution in [0, 0.1) is 12.7 Å². The summed E-state index contributed by atoms with van der Waals surface area (Å²) in [5.41, 5.74) is 3.30. The second-order valence-electron chi connectivity index (χ2n) is 7.31. The summed E-state index contributed by atoms with van der Waals surface area (Å²) in [6.07, 6.45) is 7.93. The first kappa shape index (κ1) is 15.7. The number of nitrogens with one attached hydrogen (secondary N) is 1. The first-order valence-corrected chi connectivity index (χ1v) is 9.08. The average Bonchev–Trinajstić information content (AvgIpc) is 3.12. The van der Waals surface area contributed by atoms with Crippen molar-refractivity contribution in [3.05, 3.63) is 63.6 Å². The Bertz CT molecular complexity index is 1040. The van der Waals surface area contributed by atoms with Gasteiger partial charge in [-0.1, -0.05) is 11.3 Å². The van der Waals surface area contributed by atoms with Gasteiger partial charge in [0.1, 0.15) is 5.82 Å². The molecule has 2 fully saturated rings. The standard InChI is InChI=1S/C19H20FN5O/c1-11-17(18-15(6-7-21-18)25-9-8-22-23-25)14(20)10-24-16(26)5-4-13(19(11)24)12-2-3-12/h4-5,8-10,12,15,18,21H,2-3,6-7H2,1H3. The van der Waals surface area contributed by atoms with Crippen LogP contribution in [0.15, 0.2) is 35.5 Å². The summed E-state index contributed by atoms with van der Waals surface area (Å²) in [4.78, 5) is 12.3. The molecule has 2 aliphatic rings. The maximum absolute atomic E-state index is 15.1. The highest BCUT2D eigenvalue weighted by Gasteiger charge is 2.35. The molecule has 5 rings (SSSR count). The lowest BCUT2D eigenvalue weighted by Crippen LogP contribution is -2.25. The quantitative estimate of drug-likeness (QED) is 0.786.